The number of para-hydroxylation sites is 3. The van der Waals surface area contributed by atoms with Crippen molar-refractivity contribution in [3.05, 3.63) is 155 Å². The summed E-state index contributed by atoms with van der Waals surface area (Å²) in [4.78, 5) is 0. The van der Waals surface area contributed by atoms with Crippen molar-refractivity contribution in [1.82, 2.24) is 9.13 Å². The van der Waals surface area contributed by atoms with Crippen LogP contribution in [0.1, 0.15) is 27.8 Å². The van der Waals surface area contributed by atoms with Crippen LogP contribution in [-0.4, -0.2) is 9.13 Å². The Morgan fingerprint density at radius 1 is 0.400 bits per heavy atom. The number of thiophene rings is 1. The first kappa shape index (κ1) is 31.5. The molecule has 0 aliphatic carbocycles. The van der Waals surface area contributed by atoms with Gasteiger partial charge in [0.2, 0.25) is 0 Å². The van der Waals surface area contributed by atoms with Crippen LogP contribution in [0.25, 0.3) is 86.3 Å². The molecule has 0 aliphatic heterocycles. The van der Waals surface area contributed by atoms with Crippen molar-refractivity contribution in [3.8, 4) is 52.8 Å². The van der Waals surface area contributed by atoms with E-state index in [1.54, 1.807) is 29.5 Å². The fraction of sp³-hybridized carbons (Fsp3) is 0. The van der Waals surface area contributed by atoms with Crippen LogP contribution >= 0.6 is 11.3 Å². The second kappa shape index (κ2) is 11.9. The van der Waals surface area contributed by atoms with Crippen molar-refractivity contribution >= 4 is 75.1 Å². The van der Waals surface area contributed by atoms with E-state index in [9.17, 15) is 26.3 Å². The molecule has 0 atom stereocenters. The number of aromatic nitrogens is 2. The molecule has 10 aromatic rings. The molecular weight excluding hydrogens is 695 g/mol. The van der Waals surface area contributed by atoms with Gasteiger partial charge in [0.05, 0.1) is 61.3 Å². The maximum atomic E-state index is 11.2. The largest absolute Gasteiger partial charge is 0.308 e. The molecule has 7 aromatic carbocycles. The molecule has 0 amide bonds. The molecule has 3 heterocycles. The zero-order valence-electron chi connectivity index (χ0n) is 28.7. The normalized spacial score (nSPS) is 11.2. The standard InChI is InChI=1S/C47H21N7S/c48-22-28-17-27(19-43(37(28)24-50)53-40-13-5-1-9-30(40)31-10-2-6-14-41(31)53)34-18-29(23-49)38(25-51)47(39(34)26-52)54-42-15-7-3-11-32(42)35-21-46-36(20-44(35)54)33-12-4-8-16-45(33)55-46/h1-21H. The molecule has 55 heavy (non-hydrogen) atoms. The van der Waals surface area contributed by atoms with Crippen LogP contribution in [0.4, 0.5) is 0 Å². The summed E-state index contributed by atoms with van der Waals surface area (Å²) in [5, 5.41) is 59.5. The van der Waals surface area contributed by atoms with Gasteiger partial charge in [-0.05, 0) is 60.2 Å². The van der Waals surface area contributed by atoms with Gasteiger partial charge in [-0.2, -0.15) is 26.3 Å². The van der Waals surface area contributed by atoms with Gasteiger partial charge < -0.3 is 9.13 Å². The lowest BCUT2D eigenvalue weighted by molar-refractivity contribution is 1.15. The summed E-state index contributed by atoms with van der Waals surface area (Å²) >= 11 is 1.71. The molecule has 0 saturated carbocycles. The van der Waals surface area contributed by atoms with Crippen LogP contribution in [0.5, 0.6) is 0 Å². The van der Waals surface area contributed by atoms with E-state index in [1.165, 1.54) is 0 Å². The fourth-order valence-corrected chi connectivity index (χ4v) is 9.34. The van der Waals surface area contributed by atoms with Crippen molar-refractivity contribution in [1.29, 1.82) is 26.3 Å². The van der Waals surface area contributed by atoms with Gasteiger partial charge in [0.1, 0.15) is 30.3 Å². The van der Waals surface area contributed by atoms with Crippen LogP contribution in [0, 0.1) is 56.7 Å². The topological polar surface area (TPSA) is 129 Å². The van der Waals surface area contributed by atoms with Gasteiger partial charge in [-0.3, -0.25) is 0 Å². The van der Waals surface area contributed by atoms with E-state index in [0.29, 0.717) is 16.8 Å². The number of nitriles is 5. The number of nitrogens with zero attached hydrogens (tertiary/aromatic N) is 7. The SMILES string of the molecule is N#Cc1cc(-c2cc(C#N)c(C#N)c(-n3c4ccccc4c4cc5sc6ccccc6c5cc43)c2C#N)cc(-n2c3ccccc3c3ccccc32)c1C#N. The first-order valence-corrected chi connectivity index (χ1v) is 18.1. The smallest absolute Gasteiger partial charge is 0.103 e. The molecule has 0 saturated heterocycles. The van der Waals surface area contributed by atoms with Gasteiger partial charge in [-0.25, -0.2) is 0 Å². The first-order chi connectivity index (χ1) is 27.1. The molecule has 0 radical (unpaired) electrons. The summed E-state index contributed by atoms with van der Waals surface area (Å²) < 4.78 is 6.17. The highest BCUT2D eigenvalue weighted by Gasteiger charge is 2.27. The predicted octanol–water partition coefficient (Wildman–Crippen LogP) is 11.3. The molecular formula is C47H21N7S. The predicted molar refractivity (Wildman–Crippen MR) is 217 cm³/mol. The third-order valence-corrected chi connectivity index (χ3v) is 11.7. The Morgan fingerprint density at radius 2 is 0.945 bits per heavy atom. The Labute approximate surface area is 317 Å². The Kier molecular flexibility index (Phi) is 6.84. The summed E-state index contributed by atoms with van der Waals surface area (Å²) in [6.45, 7) is 0. The third kappa shape index (κ3) is 4.37. The number of benzene rings is 7. The maximum Gasteiger partial charge on any atom is 0.103 e. The van der Waals surface area contributed by atoms with Crippen molar-refractivity contribution in [2.24, 2.45) is 0 Å². The zero-order valence-corrected chi connectivity index (χ0v) is 29.5. The van der Waals surface area contributed by atoms with Gasteiger partial charge >= 0.3 is 0 Å². The number of rotatable bonds is 3. The summed E-state index contributed by atoms with van der Waals surface area (Å²) in [6.07, 6.45) is 0. The molecule has 0 bridgehead atoms. The molecule has 250 valence electrons. The fourth-order valence-electron chi connectivity index (χ4n) is 8.21. The van der Waals surface area contributed by atoms with E-state index in [1.807, 2.05) is 94.1 Å². The second-order valence-electron chi connectivity index (χ2n) is 13.2. The van der Waals surface area contributed by atoms with Gasteiger partial charge in [0.25, 0.3) is 0 Å². The highest BCUT2D eigenvalue weighted by Crippen LogP contribution is 2.44. The lowest BCUT2D eigenvalue weighted by atomic mass is 9.90. The number of hydrogen-bond acceptors (Lipinski definition) is 6. The summed E-state index contributed by atoms with van der Waals surface area (Å²) in [5.41, 5.74) is 5.43. The molecule has 0 fully saturated rings. The second-order valence-corrected chi connectivity index (χ2v) is 14.3. The number of fused-ring (bicyclic) bond motifs is 9. The molecule has 7 nitrogen and oxygen atoms in total. The molecule has 8 heteroatoms. The quantitative estimate of drug-likeness (QED) is 0.180. The van der Waals surface area contributed by atoms with Crippen LogP contribution in [0.2, 0.25) is 0 Å². The van der Waals surface area contributed by atoms with Crippen LogP contribution in [-0.2, 0) is 0 Å². The van der Waals surface area contributed by atoms with Gasteiger partial charge in [0, 0.05) is 47.3 Å². The Morgan fingerprint density at radius 3 is 1.56 bits per heavy atom. The summed E-state index contributed by atoms with van der Waals surface area (Å²) in [7, 11) is 0. The highest BCUT2D eigenvalue weighted by atomic mass is 32.1. The lowest BCUT2D eigenvalue weighted by Crippen LogP contribution is -2.06. The average Bonchev–Trinajstić information content (AvgIpc) is 3.88. The van der Waals surface area contributed by atoms with E-state index in [-0.39, 0.29) is 33.5 Å². The van der Waals surface area contributed by atoms with Crippen molar-refractivity contribution in [2.75, 3.05) is 0 Å². The van der Waals surface area contributed by atoms with Crippen LogP contribution in [0.15, 0.2) is 127 Å². The van der Waals surface area contributed by atoms with E-state index in [2.05, 4.69) is 54.6 Å². The summed E-state index contributed by atoms with van der Waals surface area (Å²) in [5.74, 6) is 0. The minimum atomic E-state index is 0.0671. The van der Waals surface area contributed by atoms with Crippen LogP contribution in [0.3, 0.4) is 0 Å². The molecule has 0 unspecified atom stereocenters. The minimum absolute atomic E-state index is 0.0671. The van der Waals surface area contributed by atoms with Crippen molar-refractivity contribution in [2.45, 2.75) is 0 Å². The van der Waals surface area contributed by atoms with E-state index >= 15 is 0 Å². The van der Waals surface area contributed by atoms with E-state index in [4.69, 9.17) is 0 Å². The Hall–Kier alpha value is -8.19. The van der Waals surface area contributed by atoms with Crippen molar-refractivity contribution in [3.63, 3.8) is 0 Å². The Balaban J connectivity index is 1.34. The lowest BCUT2D eigenvalue weighted by Gasteiger charge is -2.18. The zero-order chi connectivity index (χ0) is 37.4. The van der Waals surface area contributed by atoms with E-state index in [0.717, 1.165) is 63.8 Å². The molecule has 0 N–H and O–H groups in total. The monoisotopic (exact) mass is 715 g/mol. The van der Waals surface area contributed by atoms with Crippen molar-refractivity contribution < 1.29 is 0 Å². The van der Waals surface area contributed by atoms with E-state index < -0.39 is 0 Å². The molecule has 0 aliphatic rings. The van der Waals surface area contributed by atoms with Crippen LogP contribution < -0.4 is 0 Å². The Bertz CT molecular complexity index is 3510. The van der Waals surface area contributed by atoms with Gasteiger partial charge in [-0.1, -0.05) is 72.8 Å². The van der Waals surface area contributed by atoms with Gasteiger partial charge in [-0.15, -0.1) is 11.3 Å². The average molecular weight is 716 g/mol. The molecule has 0 spiro atoms. The maximum absolute atomic E-state index is 11.2. The first-order valence-electron chi connectivity index (χ1n) is 17.3. The minimum Gasteiger partial charge on any atom is -0.308 e. The third-order valence-electron chi connectivity index (χ3n) is 10.5. The molecule has 10 rings (SSSR count). The highest BCUT2D eigenvalue weighted by molar-refractivity contribution is 7.25. The molecule has 3 aromatic heterocycles. The number of hydrogen-bond donors (Lipinski definition) is 0. The summed E-state index contributed by atoms with van der Waals surface area (Å²) in [6, 6.07) is 52.5. The van der Waals surface area contributed by atoms with Gasteiger partial charge in [0.15, 0.2) is 0 Å².